The zero-order valence-corrected chi connectivity index (χ0v) is 11.0. The van der Waals surface area contributed by atoms with Crippen molar-refractivity contribution in [3.05, 3.63) is 0 Å². The van der Waals surface area contributed by atoms with Gasteiger partial charge < -0.3 is 19.2 Å². The maximum Gasteiger partial charge on any atom is 0.412 e. The third-order valence-corrected chi connectivity index (χ3v) is 2.71. The summed E-state index contributed by atoms with van der Waals surface area (Å²) in [5.74, 6) is 0.721. The summed E-state index contributed by atoms with van der Waals surface area (Å²) in [5.41, 5.74) is 0. The fourth-order valence-corrected chi connectivity index (χ4v) is 1.68. The number of likely N-dealkylation sites (tertiary alicyclic amines) is 1. The lowest BCUT2D eigenvalue weighted by Crippen LogP contribution is -2.39. The minimum absolute atomic E-state index is 0.247. The van der Waals surface area contributed by atoms with E-state index in [2.05, 4.69) is 6.92 Å². The van der Waals surface area contributed by atoms with Crippen LogP contribution in [0.25, 0.3) is 0 Å². The molecule has 0 aliphatic carbocycles. The van der Waals surface area contributed by atoms with Crippen LogP contribution in [0.4, 0.5) is 4.79 Å². The predicted octanol–water partition coefficient (Wildman–Crippen LogP) is 2.05. The summed E-state index contributed by atoms with van der Waals surface area (Å²) in [6, 6.07) is 0. The van der Waals surface area contributed by atoms with Crippen molar-refractivity contribution in [1.82, 2.24) is 4.90 Å². The molecule has 5 nitrogen and oxygen atoms in total. The molecule has 100 valence electrons. The second-order valence-corrected chi connectivity index (χ2v) is 4.08. The summed E-state index contributed by atoms with van der Waals surface area (Å²) in [4.78, 5) is 21.4. The second kappa shape index (κ2) is 8.98. The van der Waals surface area contributed by atoms with Gasteiger partial charge in [-0.15, -0.1) is 0 Å². The molecular formula is C12H23NO4. The first-order chi connectivity index (χ1) is 8.13. The number of ether oxygens (including phenoxy) is 2. The molecule has 0 saturated carbocycles. The van der Waals surface area contributed by atoms with Gasteiger partial charge in [0.2, 0.25) is 6.29 Å². The van der Waals surface area contributed by atoms with Gasteiger partial charge in [0.15, 0.2) is 0 Å². The molecule has 0 N–H and O–H groups in total. The molecule has 1 atom stereocenters. The Hall–Kier alpha value is -1.10. The summed E-state index contributed by atoms with van der Waals surface area (Å²) in [6.45, 7) is 10.0. The highest BCUT2D eigenvalue weighted by Gasteiger charge is 2.22. The number of rotatable bonds is 3. The Morgan fingerprint density at radius 2 is 1.94 bits per heavy atom. The molecule has 1 fully saturated rings. The van der Waals surface area contributed by atoms with Gasteiger partial charge in [0, 0.05) is 19.7 Å². The number of amides is 1. The number of carbonyl (C=O) groups excluding carboxylic acids is 2. The molecule has 0 spiro atoms. The van der Waals surface area contributed by atoms with Crippen molar-refractivity contribution in [3.63, 3.8) is 0 Å². The predicted molar refractivity (Wildman–Crippen MR) is 64.7 cm³/mol. The molecule has 1 aliphatic rings. The summed E-state index contributed by atoms with van der Waals surface area (Å²) >= 11 is 0. The van der Waals surface area contributed by atoms with E-state index in [0.29, 0.717) is 6.61 Å². The van der Waals surface area contributed by atoms with Crippen LogP contribution in [0.2, 0.25) is 0 Å². The normalized spacial score (nSPS) is 17.9. The van der Waals surface area contributed by atoms with E-state index in [1.165, 1.54) is 0 Å². The van der Waals surface area contributed by atoms with Gasteiger partial charge in [-0.25, -0.2) is 4.79 Å². The number of hydrogen-bond acceptors (Lipinski definition) is 4. The van der Waals surface area contributed by atoms with E-state index in [1.54, 1.807) is 11.8 Å². The van der Waals surface area contributed by atoms with Crippen LogP contribution < -0.4 is 0 Å². The largest absolute Gasteiger partial charge is 0.420 e. The van der Waals surface area contributed by atoms with Gasteiger partial charge >= 0.3 is 6.09 Å². The molecule has 1 aliphatic heterocycles. The van der Waals surface area contributed by atoms with Gasteiger partial charge in [0.25, 0.3) is 0 Å². The van der Waals surface area contributed by atoms with Crippen LogP contribution in [0.15, 0.2) is 0 Å². The molecule has 0 aromatic heterocycles. The van der Waals surface area contributed by atoms with Gasteiger partial charge in [-0.05, 0) is 32.6 Å². The molecule has 17 heavy (non-hydrogen) atoms. The summed E-state index contributed by atoms with van der Waals surface area (Å²) in [6.07, 6.45) is 1.45. The van der Waals surface area contributed by atoms with E-state index < -0.39 is 6.29 Å². The summed E-state index contributed by atoms with van der Waals surface area (Å²) < 4.78 is 10.3. The van der Waals surface area contributed by atoms with Gasteiger partial charge in [0.1, 0.15) is 6.79 Å². The van der Waals surface area contributed by atoms with Crippen molar-refractivity contribution >= 4 is 12.9 Å². The maximum absolute atomic E-state index is 11.6. The Bertz CT molecular complexity index is 215. The van der Waals surface area contributed by atoms with Crippen LogP contribution in [0, 0.1) is 5.92 Å². The molecule has 1 amide bonds. The van der Waals surface area contributed by atoms with Gasteiger partial charge in [-0.1, -0.05) is 6.92 Å². The van der Waals surface area contributed by atoms with Crippen LogP contribution in [0.1, 0.15) is 33.6 Å². The molecular weight excluding hydrogens is 222 g/mol. The Balaban J connectivity index is 0.00000121. The lowest BCUT2D eigenvalue weighted by atomic mass is 10.00. The van der Waals surface area contributed by atoms with E-state index >= 15 is 0 Å². The Morgan fingerprint density at radius 3 is 2.41 bits per heavy atom. The van der Waals surface area contributed by atoms with Crippen LogP contribution >= 0.6 is 0 Å². The molecule has 1 rings (SSSR count). The highest BCUT2D eigenvalue weighted by molar-refractivity contribution is 5.67. The van der Waals surface area contributed by atoms with Crippen molar-refractivity contribution in [3.8, 4) is 0 Å². The van der Waals surface area contributed by atoms with Gasteiger partial charge in [-0.3, -0.25) is 0 Å². The molecule has 0 bridgehead atoms. The average Bonchev–Trinajstić information content (AvgIpc) is 2.32. The Morgan fingerprint density at radius 1 is 1.41 bits per heavy atom. The Labute approximate surface area is 103 Å². The lowest BCUT2D eigenvalue weighted by Gasteiger charge is -2.30. The first-order valence-electron chi connectivity index (χ1n) is 5.99. The van der Waals surface area contributed by atoms with Crippen LogP contribution in [0.5, 0.6) is 0 Å². The lowest BCUT2D eigenvalue weighted by molar-refractivity contribution is -0.0982. The van der Waals surface area contributed by atoms with Gasteiger partial charge in [0.05, 0.1) is 0 Å². The molecule has 5 heteroatoms. The molecule has 0 radical (unpaired) electrons. The molecule has 1 heterocycles. The van der Waals surface area contributed by atoms with E-state index in [4.69, 9.17) is 14.3 Å². The fourth-order valence-electron chi connectivity index (χ4n) is 1.68. The average molecular weight is 245 g/mol. The van der Waals surface area contributed by atoms with Crippen molar-refractivity contribution in [2.24, 2.45) is 5.92 Å². The summed E-state index contributed by atoms with van der Waals surface area (Å²) in [5, 5.41) is 0. The van der Waals surface area contributed by atoms with Crippen LogP contribution in [-0.4, -0.2) is 43.8 Å². The van der Waals surface area contributed by atoms with E-state index in [9.17, 15) is 4.79 Å². The minimum Gasteiger partial charge on any atom is -0.420 e. The summed E-state index contributed by atoms with van der Waals surface area (Å²) in [7, 11) is 0. The minimum atomic E-state index is -0.443. The van der Waals surface area contributed by atoms with Crippen LogP contribution in [0.3, 0.4) is 0 Å². The molecule has 0 aromatic rings. The third-order valence-electron chi connectivity index (χ3n) is 2.71. The van der Waals surface area contributed by atoms with Crippen molar-refractivity contribution in [2.75, 3.05) is 19.7 Å². The standard InChI is InChI=1S/C11H21NO3.CH2O/c1-4-14-10(3)15-11(13)12-7-5-9(2)6-8-12;1-2/h9-10H,4-8H2,1-3H3;1H2. The monoisotopic (exact) mass is 245 g/mol. The molecule has 0 aromatic carbocycles. The second-order valence-electron chi connectivity index (χ2n) is 4.08. The number of piperidine rings is 1. The first-order valence-corrected chi connectivity index (χ1v) is 5.99. The first kappa shape index (κ1) is 15.9. The topological polar surface area (TPSA) is 55.8 Å². The van der Waals surface area contributed by atoms with Crippen molar-refractivity contribution in [2.45, 2.75) is 39.9 Å². The van der Waals surface area contributed by atoms with E-state index in [-0.39, 0.29) is 6.09 Å². The fraction of sp³-hybridized carbons (Fsp3) is 0.833. The quantitative estimate of drug-likeness (QED) is 0.714. The highest BCUT2D eigenvalue weighted by atomic mass is 16.7. The number of hydrogen-bond donors (Lipinski definition) is 0. The Kier molecular flexibility index (Phi) is 8.40. The number of nitrogens with zero attached hydrogens (tertiary/aromatic N) is 1. The van der Waals surface area contributed by atoms with E-state index in [1.807, 2.05) is 13.7 Å². The molecule has 1 unspecified atom stereocenters. The number of carbonyl (C=O) groups is 2. The zero-order valence-electron chi connectivity index (χ0n) is 11.0. The SMILES string of the molecule is C=O.CCOC(C)OC(=O)N1CCC(C)CC1. The van der Waals surface area contributed by atoms with Crippen molar-refractivity contribution < 1.29 is 19.1 Å². The third kappa shape index (κ3) is 6.26. The van der Waals surface area contributed by atoms with Crippen LogP contribution in [-0.2, 0) is 14.3 Å². The molecule has 1 saturated heterocycles. The maximum atomic E-state index is 11.6. The highest BCUT2D eigenvalue weighted by Crippen LogP contribution is 2.16. The van der Waals surface area contributed by atoms with Crippen molar-refractivity contribution in [1.29, 1.82) is 0 Å². The van der Waals surface area contributed by atoms with Gasteiger partial charge in [-0.2, -0.15) is 0 Å². The smallest absolute Gasteiger partial charge is 0.412 e. The van der Waals surface area contributed by atoms with E-state index in [0.717, 1.165) is 31.8 Å². The zero-order chi connectivity index (χ0) is 13.3.